The zero-order chi connectivity index (χ0) is 16.7. The number of amides is 1. The van der Waals surface area contributed by atoms with Gasteiger partial charge in [0, 0.05) is 31.0 Å². The molecule has 2 aliphatic rings. The highest BCUT2D eigenvalue weighted by Gasteiger charge is 2.35. The van der Waals surface area contributed by atoms with Crippen molar-refractivity contribution in [3.63, 3.8) is 0 Å². The maximum absolute atomic E-state index is 12.8. The third kappa shape index (κ3) is 2.85. The van der Waals surface area contributed by atoms with Gasteiger partial charge in [0.15, 0.2) is 5.69 Å². The Morgan fingerprint density at radius 2 is 1.92 bits per heavy atom. The molecule has 2 fully saturated rings. The molecule has 1 amide bonds. The summed E-state index contributed by atoms with van der Waals surface area (Å²) in [5, 5.41) is 4.01. The maximum atomic E-state index is 12.8. The van der Waals surface area contributed by atoms with E-state index in [0.717, 1.165) is 37.9 Å². The fourth-order valence-corrected chi connectivity index (χ4v) is 3.89. The fraction of sp³-hybridized carbons (Fsp3) is 0.500. The Kier molecular flexibility index (Phi) is 3.91. The van der Waals surface area contributed by atoms with Gasteiger partial charge in [-0.25, -0.2) is 0 Å². The van der Waals surface area contributed by atoms with E-state index in [1.165, 1.54) is 11.1 Å². The molecule has 0 N–H and O–H groups in total. The summed E-state index contributed by atoms with van der Waals surface area (Å²) in [5.41, 5.74) is 3.06. The monoisotopic (exact) mass is 324 g/mol. The van der Waals surface area contributed by atoms with Crippen molar-refractivity contribution in [2.24, 2.45) is 0 Å². The highest BCUT2D eigenvalue weighted by Crippen LogP contribution is 2.41. The summed E-state index contributed by atoms with van der Waals surface area (Å²) in [4.78, 5) is 14.7. The molecule has 0 radical (unpaired) electrons. The van der Waals surface area contributed by atoms with E-state index in [9.17, 15) is 4.79 Å². The van der Waals surface area contributed by atoms with Crippen molar-refractivity contribution in [3.05, 3.63) is 52.9 Å². The molecule has 1 aromatic heterocycles. The normalized spacial score (nSPS) is 23.4. The lowest BCUT2D eigenvalue weighted by molar-refractivity contribution is 0.0711. The van der Waals surface area contributed by atoms with Gasteiger partial charge in [-0.2, -0.15) is 0 Å². The molecule has 1 aromatic carbocycles. The number of hydrogen-bond donors (Lipinski definition) is 0. The predicted octanol–water partition coefficient (Wildman–Crippen LogP) is 4.27. The van der Waals surface area contributed by atoms with Gasteiger partial charge >= 0.3 is 0 Å². The van der Waals surface area contributed by atoms with Crippen molar-refractivity contribution < 1.29 is 9.32 Å². The molecular formula is C20H24N2O2. The first-order valence-electron chi connectivity index (χ1n) is 8.94. The first-order valence-corrected chi connectivity index (χ1v) is 8.94. The fourth-order valence-electron chi connectivity index (χ4n) is 3.89. The van der Waals surface area contributed by atoms with Crippen molar-refractivity contribution in [2.45, 2.75) is 56.9 Å². The van der Waals surface area contributed by atoms with Gasteiger partial charge in [0.1, 0.15) is 5.76 Å². The zero-order valence-electron chi connectivity index (χ0n) is 14.4. The van der Waals surface area contributed by atoms with Crippen LogP contribution in [0.15, 0.2) is 34.9 Å². The van der Waals surface area contributed by atoms with Crippen LogP contribution < -0.4 is 0 Å². The topological polar surface area (TPSA) is 46.3 Å². The summed E-state index contributed by atoms with van der Waals surface area (Å²) in [7, 11) is 1.91. The number of aryl methyl sites for hydroxylation is 1. The minimum Gasteiger partial charge on any atom is -0.360 e. The first kappa shape index (κ1) is 15.4. The first-order chi connectivity index (χ1) is 11.6. The van der Waals surface area contributed by atoms with Gasteiger partial charge in [0.2, 0.25) is 0 Å². The number of aromatic nitrogens is 1. The number of rotatable bonds is 4. The minimum absolute atomic E-state index is 0.0188. The summed E-state index contributed by atoms with van der Waals surface area (Å²) in [5.74, 6) is 1.74. The van der Waals surface area contributed by atoms with Gasteiger partial charge in [0.25, 0.3) is 5.91 Å². The van der Waals surface area contributed by atoms with Gasteiger partial charge < -0.3 is 9.42 Å². The molecule has 2 saturated carbocycles. The maximum Gasteiger partial charge on any atom is 0.276 e. The molecule has 2 atom stereocenters. The van der Waals surface area contributed by atoms with Crippen LogP contribution in [-0.2, 0) is 0 Å². The second-order valence-corrected chi connectivity index (χ2v) is 7.32. The van der Waals surface area contributed by atoms with E-state index in [4.69, 9.17) is 4.52 Å². The molecule has 2 aliphatic carbocycles. The van der Waals surface area contributed by atoms with Crippen molar-refractivity contribution in [3.8, 4) is 0 Å². The highest BCUT2D eigenvalue weighted by molar-refractivity contribution is 5.92. The molecule has 4 nitrogen and oxygen atoms in total. The SMILES string of the molecule is Cc1ccc([C@@H]2CCC[C@@H]2N(C)C(=O)c2cc(C3CC3)on2)cc1. The van der Waals surface area contributed by atoms with Gasteiger partial charge in [-0.05, 0) is 38.2 Å². The van der Waals surface area contributed by atoms with Crippen LogP contribution in [0.1, 0.15) is 71.3 Å². The lowest BCUT2D eigenvalue weighted by atomic mass is 9.92. The van der Waals surface area contributed by atoms with Crippen LogP contribution in [0, 0.1) is 6.92 Å². The molecule has 24 heavy (non-hydrogen) atoms. The number of carbonyl (C=O) groups is 1. The van der Waals surface area contributed by atoms with Crippen LogP contribution >= 0.6 is 0 Å². The molecule has 0 spiro atoms. The van der Waals surface area contributed by atoms with Gasteiger partial charge in [-0.1, -0.05) is 41.4 Å². The van der Waals surface area contributed by atoms with E-state index in [1.54, 1.807) is 0 Å². The Balaban J connectivity index is 1.52. The highest BCUT2D eigenvalue weighted by atomic mass is 16.5. The van der Waals surface area contributed by atoms with E-state index >= 15 is 0 Å². The van der Waals surface area contributed by atoms with E-state index in [-0.39, 0.29) is 11.9 Å². The molecule has 0 aliphatic heterocycles. The molecule has 126 valence electrons. The summed E-state index contributed by atoms with van der Waals surface area (Å²) in [6.45, 7) is 2.10. The summed E-state index contributed by atoms with van der Waals surface area (Å²) in [6, 6.07) is 10.8. The van der Waals surface area contributed by atoms with E-state index < -0.39 is 0 Å². The molecule has 0 unspecified atom stereocenters. The summed E-state index contributed by atoms with van der Waals surface area (Å²) >= 11 is 0. The quantitative estimate of drug-likeness (QED) is 0.844. The zero-order valence-corrected chi connectivity index (χ0v) is 14.4. The Morgan fingerprint density at radius 3 is 2.62 bits per heavy atom. The molecule has 1 heterocycles. The number of carbonyl (C=O) groups excluding carboxylic acids is 1. The summed E-state index contributed by atoms with van der Waals surface area (Å²) in [6.07, 6.45) is 5.64. The second-order valence-electron chi connectivity index (χ2n) is 7.32. The van der Waals surface area contributed by atoms with Crippen LogP contribution in [-0.4, -0.2) is 29.1 Å². The van der Waals surface area contributed by atoms with Crippen LogP contribution in [0.4, 0.5) is 0 Å². The van der Waals surface area contributed by atoms with E-state index in [1.807, 2.05) is 18.0 Å². The van der Waals surface area contributed by atoms with Crippen LogP contribution in [0.2, 0.25) is 0 Å². The Hall–Kier alpha value is -2.10. The smallest absolute Gasteiger partial charge is 0.276 e. The third-order valence-electron chi connectivity index (χ3n) is 5.53. The number of benzene rings is 1. The molecule has 4 rings (SSSR count). The van der Waals surface area contributed by atoms with Crippen molar-refractivity contribution >= 4 is 5.91 Å². The molecule has 2 aromatic rings. The van der Waals surface area contributed by atoms with Crippen molar-refractivity contribution in [1.29, 1.82) is 0 Å². The second kappa shape index (κ2) is 6.08. The molecular weight excluding hydrogens is 300 g/mol. The largest absolute Gasteiger partial charge is 0.360 e. The standard InChI is InChI=1S/C20H24N2O2/c1-13-6-8-14(9-7-13)16-4-3-5-18(16)22(2)20(23)17-12-19(24-21-17)15-10-11-15/h6-9,12,15-16,18H,3-5,10-11H2,1-2H3/t16-,18-/m0/s1. The van der Waals surface area contributed by atoms with Crippen molar-refractivity contribution in [2.75, 3.05) is 7.05 Å². The van der Waals surface area contributed by atoms with Gasteiger partial charge in [-0.3, -0.25) is 4.79 Å². The third-order valence-corrected chi connectivity index (χ3v) is 5.53. The predicted molar refractivity (Wildman–Crippen MR) is 92.1 cm³/mol. The molecule has 0 bridgehead atoms. The van der Waals surface area contributed by atoms with Crippen LogP contribution in [0.3, 0.4) is 0 Å². The Bertz CT molecular complexity index is 730. The lowest BCUT2D eigenvalue weighted by Gasteiger charge is -2.29. The van der Waals surface area contributed by atoms with Crippen LogP contribution in [0.5, 0.6) is 0 Å². The number of nitrogens with zero attached hydrogens (tertiary/aromatic N) is 2. The van der Waals surface area contributed by atoms with Gasteiger partial charge in [-0.15, -0.1) is 0 Å². The average molecular weight is 324 g/mol. The van der Waals surface area contributed by atoms with Crippen LogP contribution in [0.25, 0.3) is 0 Å². The number of hydrogen-bond acceptors (Lipinski definition) is 3. The Morgan fingerprint density at radius 1 is 1.17 bits per heavy atom. The minimum atomic E-state index is -0.0188. The average Bonchev–Trinajstić information content (AvgIpc) is 3.13. The number of likely N-dealkylation sites (N-methyl/N-ethyl adjacent to an activating group) is 1. The van der Waals surface area contributed by atoms with E-state index in [0.29, 0.717) is 17.5 Å². The van der Waals surface area contributed by atoms with Gasteiger partial charge in [0.05, 0.1) is 0 Å². The summed E-state index contributed by atoms with van der Waals surface area (Å²) < 4.78 is 5.35. The molecule has 0 saturated heterocycles. The van der Waals surface area contributed by atoms with E-state index in [2.05, 4.69) is 36.3 Å². The molecule has 4 heteroatoms. The Labute approximate surface area is 142 Å². The lowest BCUT2D eigenvalue weighted by Crippen LogP contribution is -2.38. The van der Waals surface area contributed by atoms with Crippen molar-refractivity contribution in [1.82, 2.24) is 10.1 Å².